The first-order valence-corrected chi connectivity index (χ1v) is 5.40. The second kappa shape index (κ2) is 3.57. The molecule has 1 aliphatic rings. The minimum atomic E-state index is 0.753. The van der Waals surface area contributed by atoms with Gasteiger partial charge in [0.15, 0.2) is 0 Å². The van der Waals surface area contributed by atoms with Gasteiger partial charge >= 0.3 is 62.0 Å². The summed E-state index contributed by atoms with van der Waals surface area (Å²) in [6.07, 6.45) is 2.66. The summed E-state index contributed by atoms with van der Waals surface area (Å²) in [4.78, 5) is 1.68. The zero-order valence-electron chi connectivity index (χ0n) is 5.55. The van der Waals surface area contributed by atoms with Gasteiger partial charge in [-0.2, -0.15) is 0 Å². The van der Waals surface area contributed by atoms with Crippen LogP contribution < -0.4 is 11.5 Å². The summed E-state index contributed by atoms with van der Waals surface area (Å²) < 4.78 is 0. The molecule has 0 aromatic heterocycles. The van der Waals surface area contributed by atoms with Crippen LogP contribution in [0.3, 0.4) is 0 Å². The second-order valence-electron chi connectivity index (χ2n) is 2.43. The third kappa shape index (κ3) is 1.94. The van der Waals surface area contributed by atoms with E-state index in [-0.39, 0.29) is 0 Å². The molecule has 0 saturated carbocycles. The molecule has 0 bridgehead atoms. The van der Waals surface area contributed by atoms with E-state index in [9.17, 15) is 0 Å². The fourth-order valence-electron chi connectivity index (χ4n) is 1.13. The van der Waals surface area contributed by atoms with Gasteiger partial charge in [0.05, 0.1) is 0 Å². The fourth-order valence-corrected chi connectivity index (χ4v) is 3.88. The van der Waals surface area contributed by atoms with Crippen molar-refractivity contribution < 1.29 is 0 Å². The molecule has 9 heavy (non-hydrogen) atoms. The quantitative estimate of drug-likeness (QED) is 0.605. The molecule has 0 aromatic carbocycles. The van der Waals surface area contributed by atoms with Crippen molar-refractivity contribution in [2.45, 2.75) is 22.5 Å². The van der Waals surface area contributed by atoms with E-state index in [2.05, 4.69) is 0 Å². The number of rotatable bonds is 2. The molecule has 0 aliphatic carbocycles. The number of hydrogen-bond acceptors (Lipinski definition) is 2. The van der Waals surface area contributed by atoms with Gasteiger partial charge < -0.3 is 0 Å². The van der Waals surface area contributed by atoms with E-state index >= 15 is 0 Å². The van der Waals surface area contributed by atoms with E-state index in [0.29, 0.717) is 0 Å². The van der Waals surface area contributed by atoms with Crippen LogP contribution in [-0.2, 0) is 0 Å². The Kier molecular flexibility index (Phi) is 2.99. The van der Waals surface area contributed by atoms with Crippen LogP contribution in [0.5, 0.6) is 0 Å². The Bertz CT molecular complexity index is 77.1. The molecule has 0 radical (unpaired) electrons. The average molecular weight is 193 g/mol. The van der Waals surface area contributed by atoms with Gasteiger partial charge in [0, 0.05) is 0 Å². The van der Waals surface area contributed by atoms with Crippen LogP contribution in [0.1, 0.15) is 12.8 Å². The summed E-state index contributed by atoms with van der Waals surface area (Å²) in [6, 6.07) is 0. The summed E-state index contributed by atoms with van der Waals surface area (Å²) in [5.41, 5.74) is 11.1. The third-order valence-electron chi connectivity index (χ3n) is 1.72. The van der Waals surface area contributed by atoms with E-state index < -0.39 is 0 Å². The molecule has 0 spiro atoms. The van der Waals surface area contributed by atoms with Crippen molar-refractivity contribution in [3.63, 3.8) is 0 Å². The summed E-state index contributed by atoms with van der Waals surface area (Å²) in [5.74, 6) is 0. The summed E-state index contributed by atoms with van der Waals surface area (Å²) in [5, 5.41) is 0. The maximum absolute atomic E-state index is 5.53. The maximum atomic E-state index is 5.53. The van der Waals surface area contributed by atoms with Crippen molar-refractivity contribution in [3.05, 3.63) is 0 Å². The van der Waals surface area contributed by atoms with Crippen molar-refractivity contribution in [2.75, 3.05) is 13.1 Å². The van der Waals surface area contributed by atoms with Gasteiger partial charge in [-0.3, -0.25) is 0 Å². The molecule has 4 N–H and O–H groups in total. The predicted octanol–water partition coefficient (Wildman–Crippen LogP) is -0.0212. The normalized spacial score (nSPS) is 35.3. The van der Waals surface area contributed by atoms with Gasteiger partial charge in [0.25, 0.3) is 0 Å². The second-order valence-corrected chi connectivity index (χ2v) is 5.80. The Labute approximate surface area is 62.5 Å². The summed E-state index contributed by atoms with van der Waals surface area (Å²) in [6.45, 7) is 1.77. The van der Waals surface area contributed by atoms with Crippen molar-refractivity contribution in [1.29, 1.82) is 0 Å². The molecule has 2 nitrogen and oxygen atoms in total. The Balaban J connectivity index is 2.20. The van der Waals surface area contributed by atoms with E-state index in [1.165, 1.54) is 12.8 Å². The number of hydrogen-bond donors (Lipinski definition) is 2. The number of nitrogens with two attached hydrogens (primary N) is 2. The molecule has 54 valence electrons. The van der Waals surface area contributed by atoms with Gasteiger partial charge in [-0.25, -0.2) is 0 Å². The zero-order chi connectivity index (χ0) is 6.69. The van der Waals surface area contributed by atoms with Crippen molar-refractivity contribution in [2.24, 2.45) is 11.5 Å². The molecule has 1 aliphatic heterocycles. The predicted molar refractivity (Wildman–Crippen MR) is 40.6 cm³/mol. The Morgan fingerprint density at radius 2 is 1.56 bits per heavy atom. The van der Waals surface area contributed by atoms with E-state index in [1.54, 1.807) is 0 Å². The van der Waals surface area contributed by atoms with Gasteiger partial charge in [0.1, 0.15) is 0 Å². The van der Waals surface area contributed by atoms with E-state index in [1.807, 2.05) is 0 Å². The fraction of sp³-hybridized carbons (Fsp3) is 1.00. The average Bonchev–Trinajstić information content (AvgIpc) is 2.34. The first-order chi connectivity index (χ1) is 4.36. The van der Waals surface area contributed by atoms with Crippen molar-refractivity contribution in [3.8, 4) is 0 Å². The Morgan fingerprint density at radius 3 is 1.78 bits per heavy atom. The molecule has 2 unspecified atom stereocenters. The summed E-state index contributed by atoms with van der Waals surface area (Å²) >= 11 is 0.753. The Hall–Kier alpha value is 0.439. The topological polar surface area (TPSA) is 52.0 Å². The molecule has 1 saturated heterocycles. The molecule has 0 aromatic rings. The van der Waals surface area contributed by atoms with Gasteiger partial charge in [-0.05, 0) is 0 Å². The van der Waals surface area contributed by atoms with Crippen LogP contribution >= 0.6 is 0 Å². The van der Waals surface area contributed by atoms with Gasteiger partial charge in [0.2, 0.25) is 0 Å². The molecule has 3 heteroatoms. The van der Waals surface area contributed by atoms with Crippen LogP contribution in [0.15, 0.2) is 0 Å². The van der Waals surface area contributed by atoms with Crippen molar-refractivity contribution >= 4 is 15.0 Å². The van der Waals surface area contributed by atoms with Crippen LogP contribution in [0.4, 0.5) is 0 Å². The summed E-state index contributed by atoms with van der Waals surface area (Å²) in [7, 11) is 0. The molecular weight excluding hydrogens is 179 g/mol. The zero-order valence-corrected chi connectivity index (χ0v) is 7.26. The van der Waals surface area contributed by atoms with Crippen LogP contribution in [-0.4, -0.2) is 28.0 Å². The molecule has 1 rings (SSSR count). The minimum absolute atomic E-state index is 0.753. The van der Waals surface area contributed by atoms with Crippen molar-refractivity contribution in [1.82, 2.24) is 0 Å². The molecule has 0 amide bonds. The Morgan fingerprint density at radius 1 is 1.11 bits per heavy atom. The van der Waals surface area contributed by atoms with Crippen LogP contribution in [0.25, 0.3) is 0 Å². The van der Waals surface area contributed by atoms with Crippen LogP contribution in [0.2, 0.25) is 9.63 Å². The first-order valence-electron chi connectivity index (χ1n) is 3.42. The first kappa shape index (κ1) is 7.55. The SMILES string of the molecule is NCC1CCC(CN)[Se]1. The van der Waals surface area contributed by atoms with Crippen LogP contribution in [0, 0.1) is 0 Å². The molecule has 1 heterocycles. The van der Waals surface area contributed by atoms with Gasteiger partial charge in [-0.1, -0.05) is 0 Å². The standard InChI is InChI=1S/C6H14N2Se/c7-3-5-1-2-6(4-8)9-5/h5-6H,1-4,7-8H2. The van der Waals surface area contributed by atoms with E-state index in [4.69, 9.17) is 11.5 Å². The third-order valence-corrected chi connectivity index (χ3v) is 5.13. The monoisotopic (exact) mass is 194 g/mol. The molecule has 2 atom stereocenters. The van der Waals surface area contributed by atoms with E-state index in [0.717, 1.165) is 37.7 Å². The molecular formula is C6H14N2Se. The molecule has 1 fully saturated rings. The van der Waals surface area contributed by atoms with Gasteiger partial charge in [-0.15, -0.1) is 0 Å².